The maximum atomic E-state index is 12.9. The number of nitrogens with one attached hydrogen (secondary N) is 2. The van der Waals surface area contributed by atoms with Crippen molar-refractivity contribution in [3.63, 3.8) is 0 Å². The van der Waals surface area contributed by atoms with E-state index in [-0.39, 0.29) is 12.0 Å². The first-order valence-corrected chi connectivity index (χ1v) is 11.7. The van der Waals surface area contributed by atoms with Crippen molar-refractivity contribution in [1.82, 2.24) is 9.97 Å². The first-order chi connectivity index (χ1) is 18.7. The Balaban J connectivity index is 0.000000771. The third kappa shape index (κ3) is 7.72. The number of aldehydes is 1. The predicted octanol–water partition coefficient (Wildman–Crippen LogP) is 6.53. The summed E-state index contributed by atoms with van der Waals surface area (Å²) < 4.78 is 38.8. The Morgan fingerprint density at radius 2 is 1.69 bits per heavy atom. The molecule has 0 aliphatic heterocycles. The minimum Gasteiger partial charge on any atom is -0.373 e. The zero-order valence-corrected chi connectivity index (χ0v) is 21.1. The number of carbonyl (C=O) groups is 2. The fourth-order valence-corrected chi connectivity index (χ4v) is 3.59. The summed E-state index contributed by atoms with van der Waals surface area (Å²) in [5.41, 5.74) is 4.07. The normalized spacial score (nSPS) is 10.5. The van der Waals surface area contributed by atoms with Crippen molar-refractivity contribution >= 4 is 23.7 Å². The van der Waals surface area contributed by atoms with Gasteiger partial charge in [0.15, 0.2) is 0 Å². The summed E-state index contributed by atoms with van der Waals surface area (Å²) in [6.45, 7) is 1.96. The lowest BCUT2D eigenvalue weighted by molar-refractivity contribution is -0.141. The molecule has 4 aromatic rings. The van der Waals surface area contributed by atoms with Gasteiger partial charge in [0.1, 0.15) is 17.8 Å². The summed E-state index contributed by atoms with van der Waals surface area (Å²) in [7, 11) is 1.81. The molecule has 2 aromatic heterocycles. The number of aryl methyl sites for hydroxylation is 1. The van der Waals surface area contributed by atoms with Gasteiger partial charge in [0.25, 0.3) is 5.91 Å². The highest BCUT2D eigenvalue weighted by atomic mass is 19.4. The Kier molecular flexibility index (Phi) is 9.48. The zero-order valence-electron chi connectivity index (χ0n) is 21.1. The third-order valence-corrected chi connectivity index (χ3v) is 5.51. The van der Waals surface area contributed by atoms with Crippen molar-refractivity contribution in [3.05, 3.63) is 95.9 Å². The number of alkyl halides is 3. The Morgan fingerprint density at radius 1 is 0.974 bits per heavy atom. The van der Waals surface area contributed by atoms with Crippen molar-refractivity contribution in [2.45, 2.75) is 19.5 Å². The number of amides is 1. The second-order valence-corrected chi connectivity index (χ2v) is 8.20. The van der Waals surface area contributed by atoms with E-state index in [1.165, 1.54) is 6.07 Å². The summed E-state index contributed by atoms with van der Waals surface area (Å²) >= 11 is 0. The molecule has 2 aromatic carbocycles. The number of pyridine rings is 2. The Hall–Kier alpha value is -5.04. The van der Waals surface area contributed by atoms with E-state index in [0.717, 1.165) is 45.9 Å². The summed E-state index contributed by atoms with van der Waals surface area (Å²) in [4.78, 5) is 29.3. The van der Waals surface area contributed by atoms with Crippen molar-refractivity contribution in [1.29, 1.82) is 5.26 Å². The van der Waals surface area contributed by atoms with Gasteiger partial charge >= 0.3 is 6.18 Å². The number of hydrogen-bond donors (Lipinski definition) is 2. The van der Waals surface area contributed by atoms with Gasteiger partial charge in [-0.25, -0.2) is 4.98 Å². The monoisotopic (exact) mass is 531 g/mol. The minimum atomic E-state index is -4.62. The molecule has 0 saturated carbocycles. The molecule has 0 aliphatic rings. The van der Waals surface area contributed by atoms with E-state index >= 15 is 0 Å². The summed E-state index contributed by atoms with van der Waals surface area (Å²) in [5, 5.41) is 13.3. The Morgan fingerprint density at radius 3 is 2.36 bits per heavy atom. The summed E-state index contributed by atoms with van der Waals surface area (Å²) in [6, 6.07) is 20.9. The van der Waals surface area contributed by atoms with Crippen LogP contribution in [0.4, 0.5) is 24.7 Å². The summed E-state index contributed by atoms with van der Waals surface area (Å²) in [5.74, 6) is 0.112. The molecule has 0 bridgehead atoms. The van der Waals surface area contributed by atoms with Gasteiger partial charge in [-0.2, -0.15) is 18.4 Å². The molecule has 4 rings (SSSR count). The minimum absolute atomic E-state index is 0.0139. The van der Waals surface area contributed by atoms with Gasteiger partial charge in [0.05, 0.1) is 12.5 Å². The van der Waals surface area contributed by atoms with Gasteiger partial charge in [0.2, 0.25) is 0 Å². The first-order valence-electron chi connectivity index (χ1n) is 11.7. The Labute approximate surface area is 223 Å². The van der Waals surface area contributed by atoms with Crippen LogP contribution in [0.3, 0.4) is 0 Å². The molecule has 0 unspecified atom stereocenters. The topological polar surface area (TPSA) is 108 Å². The molecular formula is C29H24F3N5O2. The molecule has 2 N–H and O–H groups in total. The highest BCUT2D eigenvalue weighted by Crippen LogP contribution is 2.31. The number of nitriles is 1. The molecule has 10 heteroatoms. The van der Waals surface area contributed by atoms with Crippen molar-refractivity contribution in [2.75, 3.05) is 17.7 Å². The lowest BCUT2D eigenvalue weighted by Gasteiger charge is -2.13. The second-order valence-electron chi connectivity index (χ2n) is 8.20. The van der Waals surface area contributed by atoms with Gasteiger partial charge < -0.3 is 15.4 Å². The predicted molar refractivity (Wildman–Crippen MR) is 143 cm³/mol. The smallest absolute Gasteiger partial charge is 0.373 e. The van der Waals surface area contributed by atoms with E-state index in [9.17, 15) is 22.8 Å². The van der Waals surface area contributed by atoms with Crippen molar-refractivity contribution < 1.29 is 22.8 Å². The number of rotatable bonds is 6. The van der Waals surface area contributed by atoms with E-state index in [1.54, 1.807) is 18.3 Å². The number of anilines is 2. The lowest BCUT2D eigenvalue weighted by atomic mass is 9.96. The average molecular weight is 532 g/mol. The number of halogens is 3. The van der Waals surface area contributed by atoms with Crippen LogP contribution in [0.5, 0.6) is 0 Å². The van der Waals surface area contributed by atoms with Gasteiger partial charge in [-0.15, -0.1) is 0 Å². The Bertz CT molecular complexity index is 1510. The maximum Gasteiger partial charge on any atom is 0.433 e. The second kappa shape index (κ2) is 13.0. The fourth-order valence-electron chi connectivity index (χ4n) is 3.59. The van der Waals surface area contributed by atoms with Crippen LogP contribution in [0.15, 0.2) is 79.1 Å². The van der Waals surface area contributed by atoms with Crippen LogP contribution in [-0.4, -0.2) is 29.2 Å². The van der Waals surface area contributed by atoms with Crippen LogP contribution in [0.2, 0.25) is 0 Å². The molecule has 0 spiro atoms. The number of carbonyl (C=O) groups excluding carboxylic acids is 2. The zero-order chi connectivity index (χ0) is 28.4. The standard InChI is InChI=1S/C26H21F3N4O.C3H3NO/c1-16-6-7-21(33-25(34)20-9-10-31-23(13-20)26(27,28)29)15-22(16)19-5-3-4-17(12-19)18-8-11-32-24(14-18)30-2;4-2-1-3-5/h3-15H,1-2H3,(H,30,32)(H,33,34);3H,1H2. The molecule has 1 amide bonds. The van der Waals surface area contributed by atoms with Crippen LogP contribution in [0.1, 0.15) is 28.0 Å². The molecule has 39 heavy (non-hydrogen) atoms. The van der Waals surface area contributed by atoms with Crippen LogP contribution >= 0.6 is 0 Å². The van der Waals surface area contributed by atoms with E-state index in [0.29, 0.717) is 12.0 Å². The maximum absolute atomic E-state index is 12.9. The van der Waals surface area contributed by atoms with E-state index < -0.39 is 17.8 Å². The SMILES string of the molecule is CNc1cc(-c2cccc(-c3cc(NC(=O)c4ccnc(C(F)(F)F)c4)ccc3C)c2)ccn1.N#CCC=O. The molecule has 0 fully saturated rings. The fraction of sp³-hybridized carbons (Fsp3) is 0.138. The molecule has 0 aliphatic carbocycles. The lowest BCUT2D eigenvalue weighted by Crippen LogP contribution is -2.15. The highest BCUT2D eigenvalue weighted by Gasteiger charge is 2.33. The van der Waals surface area contributed by atoms with Gasteiger partial charge in [0, 0.05) is 30.7 Å². The number of hydrogen-bond acceptors (Lipinski definition) is 6. The van der Waals surface area contributed by atoms with E-state index in [4.69, 9.17) is 5.26 Å². The van der Waals surface area contributed by atoms with Gasteiger partial charge in [-0.05, 0) is 77.2 Å². The van der Waals surface area contributed by atoms with Gasteiger partial charge in [-0.3, -0.25) is 9.78 Å². The van der Waals surface area contributed by atoms with Crippen LogP contribution in [0, 0.1) is 18.3 Å². The largest absolute Gasteiger partial charge is 0.433 e. The molecule has 0 atom stereocenters. The molecule has 198 valence electrons. The van der Waals surface area contributed by atoms with Crippen LogP contribution in [0.25, 0.3) is 22.3 Å². The quantitative estimate of drug-likeness (QED) is 0.274. The first kappa shape index (κ1) is 28.5. The van der Waals surface area contributed by atoms with E-state index in [1.807, 2.05) is 62.5 Å². The molecule has 2 heterocycles. The highest BCUT2D eigenvalue weighted by molar-refractivity contribution is 6.04. The average Bonchev–Trinajstić information content (AvgIpc) is 2.94. The number of nitrogens with zero attached hydrogens (tertiary/aromatic N) is 3. The number of benzene rings is 2. The van der Waals surface area contributed by atoms with Crippen molar-refractivity contribution in [2.24, 2.45) is 0 Å². The molecule has 7 nitrogen and oxygen atoms in total. The number of aromatic nitrogens is 2. The van der Waals surface area contributed by atoms with Crippen LogP contribution in [-0.2, 0) is 11.0 Å². The van der Waals surface area contributed by atoms with Crippen molar-refractivity contribution in [3.8, 4) is 28.3 Å². The molecule has 0 saturated heterocycles. The molecule has 0 radical (unpaired) electrons. The van der Waals surface area contributed by atoms with E-state index in [2.05, 4.69) is 20.6 Å². The van der Waals surface area contributed by atoms with Crippen LogP contribution < -0.4 is 10.6 Å². The van der Waals surface area contributed by atoms with Gasteiger partial charge in [-0.1, -0.05) is 24.3 Å². The molecular weight excluding hydrogens is 507 g/mol. The summed E-state index contributed by atoms with van der Waals surface area (Å²) in [6.07, 6.45) is -1.33. The third-order valence-electron chi connectivity index (χ3n) is 5.51.